The molecule has 0 aliphatic rings. The van der Waals surface area contributed by atoms with Gasteiger partial charge in [-0.2, -0.15) is 0 Å². The van der Waals surface area contributed by atoms with Crippen LogP contribution < -0.4 is 0 Å². The lowest BCUT2D eigenvalue weighted by Gasteiger charge is -1.99. The second-order valence-corrected chi connectivity index (χ2v) is 4.26. The Balaban J connectivity index is 2.32. The van der Waals surface area contributed by atoms with E-state index in [1.807, 2.05) is 60.0 Å². The standard InChI is InChI=1S/C15H12N2O/c1-11-5-4-6-12(9-11)15-13(10-18)17-8-3-2-7-14(17)16-15/h2-10H,1H3. The van der Waals surface area contributed by atoms with Crippen molar-refractivity contribution in [3.05, 3.63) is 59.9 Å². The zero-order valence-corrected chi connectivity index (χ0v) is 10.00. The number of imidazole rings is 1. The number of nitrogens with zero attached hydrogens (tertiary/aromatic N) is 2. The maximum atomic E-state index is 11.3. The van der Waals surface area contributed by atoms with E-state index in [1.165, 1.54) is 0 Å². The number of aldehydes is 1. The number of pyridine rings is 1. The van der Waals surface area contributed by atoms with Crippen LogP contribution in [0.15, 0.2) is 48.7 Å². The van der Waals surface area contributed by atoms with Gasteiger partial charge in [-0.1, -0.05) is 29.8 Å². The number of aryl methyl sites for hydroxylation is 1. The van der Waals surface area contributed by atoms with Gasteiger partial charge in [-0.15, -0.1) is 0 Å². The minimum atomic E-state index is 0.594. The van der Waals surface area contributed by atoms with Crippen LogP contribution in [0.4, 0.5) is 0 Å². The first-order chi connectivity index (χ1) is 8.79. The molecule has 18 heavy (non-hydrogen) atoms. The Bertz CT molecular complexity index is 728. The third kappa shape index (κ3) is 1.61. The Morgan fingerprint density at radius 1 is 1.17 bits per heavy atom. The van der Waals surface area contributed by atoms with Crippen LogP contribution in [0.3, 0.4) is 0 Å². The number of rotatable bonds is 2. The normalized spacial score (nSPS) is 10.7. The van der Waals surface area contributed by atoms with E-state index in [0.717, 1.165) is 28.8 Å². The largest absolute Gasteiger partial charge is 0.297 e. The molecule has 0 atom stereocenters. The van der Waals surface area contributed by atoms with Crippen molar-refractivity contribution in [3.8, 4) is 11.3 Å². The highest BCUT2D eigenvalue weighted by Crippen LogP contribution is 2.23. The van der Waals surface area contributed by atoms with Gasteiger partial charge in [0, 0.05) is 11.8 Å². The van der Waals surface area contributed by atoms with Crippen molar-refractivity contribution >= 4 is 11.9 Å². The van der Waals surface area contributed by atoms with Gasteiger partial charge in [0.1, 0.15) is 17.0 Å². The summed E-state index contributed by atoms with van der Waals surface area (Å²) in [5, 5.41) is 0. The molecule has 2 heterocycles. The van der Waals surface area contributed by atoms with E-state index in [0.29, 0.717) is 5.69 Å². The van der Waals surface area contributed by atoms with Crippen LogP contribution in [-0.4, -0.2) is 15.7 Å². The molecule has 0 spiro atoms. The molecule has 3 nitrogen and oxygen atoms in total. The second kappa shape index (κ2) is 4.11. The van der Waals surface area contributed by atoms with E-state index < -0.39 is 0 Å². The van der Waals surface area contributed by atoms with Gasteiger partial charge in [0.05, 0.1) is 0 Å². The number of hydrogen-bond donors (Lipinski definition) is 0. The fraction of sp³-hybridized carbons (Fsp3) is 0.0667. The van der Waals surface area contributed by atoms with Crippen LogP contribution in [0.2, 0.25) is 0 Å². The first-order valence-corrected chi connectivity index (χ1v) is 5.79. The summed E-state index contributed by atoms with van der Waals surface area (Å²) in [6, 6.07) is 13.7. The third-order valence-electron chi connectivity index (χ3n) is 2.97. The first kappa shape index (κ1) is 10.7. The summed E-state index contributed by atoms with van der Waals surface area (Å²) in [6.07, 6.45) is 2.71. The smallest absolute Gasteiger partial charge is 0.169 e. The molecule has 0 saturated heterocycles. The maximum Gasteiger partial charge on any atom is 0.169 e. The average molecular weight is 236 g/mol. The number of aromatic nitrogens is 2. The van der Waals surface area contributed by atoms with Crippen molar-refractivity contribution in [1.82, 2.24) is 9.38 Å². The number of carbonyl (C=O) groups is 1. The van der Waals surface area contributed by atoms with Crippen LogP contribution in [0.1, 0.15) is 16.1 Å². The van der Waals surface area contributed by atoms with Crippen LogP contribution in [0.25, 0.3) is 16.9 Å². The molecule has 2 aromatic heterocycles. The topological polar surface area (TPSA) is 34.4 Å². The molecule has 0 saturated carbocycles. The highest BCUT2D eigenvalue weighted by Gasteiger charge is 2.12. The number of carbonyl (C=O) groups excluding carboxylic acids is 1. The van der Waals surface area contributed by atoms with Crippen molar-refractivity contribution in [2.45, 2.75) is 6.92 Å². The van der Waals surface area contributed by atoms with Gasteiger partial charge in [0.15, 0.2) is 6.29 Å². The fourth-order valence-corrected chi connectivity index (χ4v) is 2.13. The predicted molar refractivity (Wildman–Crippen MR) is 70.8 cm³/mol. The van der Waals surface area contributed by atoms with Gasteiger partial charge in [0.25, 0.3) is 0 Å². The van der Waals surface area contributed by atoms with E-state index in [4.69, 9.17) is 0 Å². The van der Waals surface area contributed by atoms with Crippen LogP contribution in [0, 0.1) is 6.92 Å². The third-order valence-corrected chi connectivity index (χ3v) is 2.97. The molecule has 0 fully saturated rings. The fourth-order valence-electron chi connectivity index (χ4n) is 2.13. The molecule has 0 radical (unpaired) electrons. The van der Waals surface area contributed by atoms with Crippen molar-refractivity contribution in [2.24, 2.45) is 0 Å². The average Bonchev–Trinajstić information content (AvgIpc) is 2.77. The van der Waals surface area contributed by atoms with E-state index >= 15 is 0 Å². The molecule has 88 valence electrons. The summed E-state index contributed by atoms with van der Waals surface area (Å²) in [5.74, 6) is 0. The number of hydrogen-bond acceptors (Lipinski definition) is 2. The maximum absolute atomic E-state index is 11.3. The van der Waals surface area contributed by atoms with Crippen molar-refractivity contribution < 1.29 is 4.79 Å². The van der Waals surface area contributed by atoms with Crippen LogP contribution in [0.5, 0.6) is 0 Å². The summed E-state index contributed by atoms with van der Waals surface area (Å²) in [6.45, 7) is 2.03. The van der Waals surface area contributed by atoms with Gasteiger partial charge in [0.2, 0.25) is 0 Å². The molecule has 1 aromatic carbocycles. The zero-order chi connectivity index (χ0) is 12.5. The van der Waals surface area contributed by atoms with Crippen molar-refractivity contribution in [3.63, 3.8) is 0 Å². The summed E-state index contributed by atoms with van der Waals surface area (Å²) < 4.78 is 1.81. The molecule has 3 heteroatoms. The lowest BCUT2D eigenvalue weighted by molar-refractivity contribution is 0.111. The molecule has 3 rings (SSSR count). The Morgan fingerprint density at radius 3 is 2.83 bits per heavy atom. The molecule has 0 aliphatic heterocycles. The van der Waals surface area contributed by atoms with E-state index in [9.17, 15) is 4.79 Å². The van der Waals surface area contributed by atoms with Gasteiger partial charge in [-0.25, -0.2) is 4.98 Å². The van der Waals surface area contributed by atoms with Crippen molar-refractivity contribution in [2.75, 3.05) is 0 Å². The van der Waals surface area contributed by atoms with Crippen LogP contribution in [-0.2, 0) is 0 Å². The first-order valence-electron chi connectivity index (χ1n) is 5.79. The minimum absolute atomic E-state index is 0.594. The molecular formula is C15H12N2O. The molecule has 0 aliphatic carbocycles. The Hall–Kier alpha value is -2.42. The minimum Gasteiger partial charge on any atom is -0.297 e. The van der Waals surface area contributed by atoms with Gasteiger partial charge >= 0.3 is 0 Å². The quantitative estimate of drug-likeness (QED) is 0.641. The highest BCUT2D eigenvalue weighted by molar-refractivity contribution is 5.86. The van der Waals surface area contributed by atoms with Gasteiger partial charge in [-0.05, 0) is 25.1 Å². The second-order valence-electron chi connectivity index (χ2n) is 4.26. The predicted octanol–water partition coefficient (Wildman–Crippen LogP) is 3.12. The Morgan fingerprint density at radius 2 is 2.06 bits per heavy atom. The molecule has 0 unspecified atom stereocenters. The number of fused-ring (bicyclic) bond motifs is 1. The summed E-state index contributed by atoms with van der Waals surface area (Å²) in [5.41, 5.74) is 4.24. The van der Waals surface area contributed by atoms with Crippen molar-refractivity contribution in [1.29, 1.82) is 0 Å². The SMILES string of the molecule is Cc1cccc(-c2nc3ccccn3c2C=O)c1. The summed E-state index contributed by atoms with van der Waals surface area (Å²) in [7, 11) is 0. The van der Waals surface area contributed by atoms with Crippen LogP contribution >= 0.6 is 0 Å². The lowest BCUT2D eigenvalue weighted by Crippen LogP contribution is -1.91. The van der Waals surface area contributed by atoms with Gasteiger partial charge in [-0.3, -0.25) is 9.20 Å². The molecular weight excluding hydrogens is 224 g/mol. The molecule has 3 aromatic rings. The zero-order valence-electron chi connectivity index (χ0n) is 10.00. The summed E-state index contributed by atoms with van der Waals surface area (Å²) >= 11 is 0. The molecule has 0 bridgehead atoms. The van der Waals surface area contributed by atoms with E-state index in [2.05, 4.69) is 4.98 Å². The Labute approximate surface area is 105 Å². The molecule has 0 amide bonds. The summed E-state index contributed by atoms with van der Waals surface area (Å²) in [4.78, 5) is 15.8. The Kier molecular flexibility index (Phi) is 2.45. The highest BCUT2D eigenvalue weighted by atomic mass is 16.1. The lowest BCUT2D eigenvalue weighted by atomic mass is 10.1. The molecule has 0 N–H and O–H groups in total. The number of benzene rings is 1. The van der Waals surface area contributed by atoms with E-state index in [1.54, 1.807) is 0 Å². The monoisotopic (exact) mass is 236 g/mol. The van der Waals surface area contributed by atoms with Gasteiger partial charge < -0.3 is 0 Å². The van der Waals surface area contributed by atoms with E-state index in [-0.39, 0.29) is 0 Å².